The topological polar surface area (TPSA) is 156 Å². The highest BCUT2D eigenvalue weighted by Gasteiger charge is 2.49. The summed E-state index contributed by atoms with van der Waals surface area (Å²) in [6.45, 7) is 7.60. The van der Waals surface area contributed by atoms with E-state index >= 15 is 0 Å². The molecule has 0 radical (unpaired) electrons. The van der Waals surface area contributed by atoms with Crippen LogP contribution < -0.4 is 10.6 Å². The van der Waals surface area contributed by atoms with Crippen LogP contribution in [0.5, 0.6) is 0 Å². The molecule has 2 rings (SSSR count). The van der Waals surface area contributed by atoms with Crippen LogP contribution in [0.4, 0.5) is 0 Å². The summed E-state index contributed by atoms with van der Waals surface area (Å²) in [5, 5.41) is 5.24. The van der Waals surface area contributed by atoms with Crippen molar-refractivity contribution in [1.82, 2.24) is 10.6 Å². The van der Waals surface area contributed by atoms with Crippen LogP contribution in [0.1, 0.15) is 53.9 Å². The first kappa shape index (κ1) is 27.2. The fourth-order valence-corrected chi connectivity index (χ4v) is 4.41. The summed E-state index contributed by atoms with van der Waals surface area (Å²) in [6, 6.07) is -0.190. The quantitative estimate of drug-likeness (QED) is 0.274. The average Bonchev–Trinajstić information content (AvgIpc) is 3.13. The van der Waals surface area contributed by atoms with Gasteiger partial charge in [0.2, 0.25) is 18.6 Å². The maximum absolute atomic E-state index is 12.7. The molecule has 188 valence electrons. The van der Waals surface area contributed by atoms with Gasteiger partial charge >= 0.3 is 19.8 Å². The van der Waals surface area contributed by atoms with Crippen LogP contribution in [-0.2, 0) is 46.8 Å². The summed E-state index contributed by atoms with van der Waals surface area (Å²) in [5.74, 6) is -1.77. The van der Waals surface area contributed by atoms with Crippen molar-refractivity contribution in [3.63, 3.8) is 0 Å². The number of hydrogen-bond acceptors (Lipinski definition) is 10. The van der Waals surface area contributed by atoms with Gasteiger partial charge in [-0.15, -0.1) is 0 Å². The summed E-state index contributed by atoms with van der Waals surface area (Å²) < 4.78 is 38.3. The fourth-order valence-electron chi connectivity index (χ4n) is 2.90. The zero-order chi connectivity index (χ0) is 24.9. The third-order valence-electron chi connectivity index (χ3n) is 4.95. The lowest BCUT2D eigenvalue weighted by Crippen LogP contribution is -2.50. The Morgan fingerprint density at radius 3 is 2.55 bits per heavy atom. The molecule has 0 aliphatic carbocycles. The van der Waals surface area contributed by atoms with Gasteiger partial charge in [0.25, 0.3) is 0 Å². The number of carbonyl (C=O) groups excluding carboxylic acids is 4. The summed E-state index contributed by atoms with van der Waals surface area (Å²) in [4.78, 5) is 47.5. The normalized spacial score (nSPS) is 26.9. The number of hydrogen-bond donors (Lipinski definition) is 2. The minimum Gasteiger partial charge on any atom is -0.463 e. The van der Waals surface area contributed by atoms with Crippen LogP contribution in [0.2, 0.25) is 0 Å². The Bertz CT molecular complexity index is 807. The summed E-state index contributed by atoms with van der Waals surface area (Å²) in [5.41, 5.74) is -1.62. The van der Waals surface area contributed by atoms with Gasteiger partial charge in [0.15, 0.2) is 6.10 Å². The van der Waals surface area contributed by atoms with Crippen LogP contribution >= 0.6 is 7.82 Å². The van der Waals surface area contributed by atoms with E-state index in [1.165, 1.54) is 0 Å². The molecular weight excluding hydrogens is 459 g/mol. The predicted molar refractivity (Wildman–Crippen MR) is 113 cm³/mol. The molecule has 33 heavy (non-hydrogen) atoms. The van der Waals surface area contributed by atoms with E-state index in [0.29, 0.717) is 12.8 Å². The highest BCUT2D eigenvalue weighted by Crippen LogP contribution is 2.57. The zero-order valence-electron chi connectivity index (χ0n) is 19.6. The zero-order valence-corrected chi connectivity index (χ0v) is 20.5. The minimum atomic E-state index is -4.16. The maximum atomic E-state index is 12.7. The Morgan fingerprint density at radius 2 is 1.94 bits per heavy atom. The van der Waals surface area contributed by atoms with Crippen LogP contribution in [-0.4, -0.2) is 62.5 Å². The van der Waals surface area contributed by atoms with Crippen LogP contribution in [0.15, 0.2) is 0 Å². The van der Waals surface area contributed by atoms with E-state index in [-0.39, 0.29) is 38.1 Å². The summed E-state index contributed by atoms with van der Waals surface area (Å²) >= 11 is 0. The molecule has 2 amide bonds. The molecule has 2 aliphatic rings. The average molecular weight is 492 g/mol. The van der Waals surface area contributed by atoms with Crippen LogP contribution in [0, 0.1) is 10.8 Å². The molecule has 12 nitrogen and oxygen atoms in total. The highest BCUT2D eigenvalue weighted by atomic mass is 31.2. The smallest absolute Gasteiger partial charge is 0.463 e. The molecule has 2 heterocycles. The molecule has 0 bridgehead atoms. The molecule has 2 saturated heterocycles. The van der Waals surface area contributed by atoms with E-state index in [4.69, 9.17) is 23.0 Å². The Morgan fingerprint density at radius 1 is 1.24 bits per heavy atom. The van der Waals surface area contributed by atoms with E-state index in [1.807, 2.05) is 0 Å². The Hall–Kier alpha value is -2.01. The van der Waals surface area contributed by atoms with Crippen molar-refractivity contribution in [3.8, 4) is 0 Å². The van der Waals surface area contributed by atoms with Crippen molar-refractivity contribution >= 4 is 31.6 Å². The molecule has 2 fully saturated rings. The van der Waals surface area contributed by atoms with Crippen LogP contribution in [0.3, 0.4) is 0 Å². The number of amides is 2. The largest absolute Gasteiger partial charge is 0.478 e. The Kier molecular flexibility index (Phi) is 9.03. The van der Waals surface area contributed by atoms with Crippen molar-refractivity contribution < 1.29 is 46.8 Å². The van der Waals surface area contributed by atoms with Crippen molar-refractivity contribution in [2.75, 3.05) is 26.6 Å². The molecule has 13 heteroatoms. The molecular formula is C20H33N2O10P. The van der Waals surface area contributed by atoms with Crippen LogP contribution in [0.25, 0.3) is 0 Å². The van der Waals surface area contributed by atoms with Gasteiger partial charge in [0.1, 0.15) is 6.61 Å². The first-order valence-electron chi connectivity index (χ1n) is 10.7. The van der Waals surface area contributed by atoms with Crippen molar-refractivity contribution in [2.24, 2.45) is 10.8 Å². The van der Waals surface area contributed by atoms with Gasteiger partial charge in [-0.3, -0.25) is 28.2 Å². The molecule has 0 aromatic rings. The number of esters is 2. The van der Waals surface area contributed by atoms with Gasteiger partial charge in [0.05, 0.1) is 24.5 Å². The lowest BCUT2D eigenvalue weighted by atomic mass is 9.87. The molecule has 2 N–H and O–H groups in total. The standard InChI is InChI=1S/C20H33N2O10P/c1-19(2,3)18(26)29-12-31-33(27)30-11-20(4,5)16(32-33)17(25)21-9-8-15(24)28-10-13-6-7-14(23)22-13/h13,16H,6-12H2,1-5H3,(H,21,25)(H,22,23)/t13?,16-,33+/m0/s1. The third-order valence-corrected chi connectivity index (χ3v) is 6.29. The second-order valence-electron chi connectivity index (χ2n) is 9.65. The molecule has 3 atom stereocenters. The van der Waals surface area contributed by atoms with E-state index in [1.54, 1.807) is 34.6 Å². The SMILES string of the molecule is CC(C)(C)C(=O)OCO[P@@]1(=O)OCC(C)(C)[C@H](C(=O)NCCC(=O)OCC2CCC(=O)N2)O1. The lowest BCUT2D eigenvalue weighted by Gasteiger charge is -2.39. The monoisotopic (exact) mass is 492 g/mol. The lowest BCUT2D eigenvalue weighted by molar-refractivity contribution is -0.163. The molecule has 0 saturated carbocycles. The first-order valence-corrected chi connectivity index (χ1v) is 12.2. The van der Waals surface area contributed by atoms with E-state index in [9.17, 15) is 23.7 Å². The minimum absolute atomic E-state index is 0.0279. The summed E-state index contributed by atoms with van der Waals surface area (Å²) in [7, 11) is -4.16. The molecule has 0 spiro atoms. The molecule has 2 aliphatic heterocycles. The van der Waals surface area contributed by atoms with Gasteiger partial charge in [-0.1, -0.05) is 13.8 Å². The first-order chi connectivity index (χ1) is 15.2. The van der Waals surface area contributed by atoms with Crippen molar-refractivity contribution in [3.05, 3.63) is 0 Å². The van der Waals surface area contributed by atoms with Gasteiger partial charge < -0.3 is 20.1 Å². The van der Waals surface area contributed by atoms with Gasteiger partial charge in [0, 0.05) is 18.4 Å². The number of nitrogens with one attached hydrogen (secondary N) is 2. The molecule has 0 aromatic heterocycles. The van der Waals surface area contributed by atoms with Gasteiger partial charge in [-0.25, -0.2) is 9.09 Å². The third kappa shape index (κ3) is 8.37. The number of phosphoric ester groups is 1. The summed E-state index contributed by atoms with van der Waals surface area (Å²) in [6.07, 6.45) is -0.268. The van der Waals surface area contributed by atoms with E-state index in [0.717, 1.165) is 0 Å². The van der Waals surface area contributed by atoms with Gasteiger partial charge in [-0.05, 0) is 27.2 Å². The second-order valence-corrected chi connectivity index (χ2v) is 11.3. The number of carbonyl (C=O) groups is 4. The van der Waals surface area contributed by atoms with E-state index in [2.05, 4.69) is 10.6 Å². The van der Waals surface area contributed by atoms with Crippen molar-refractivity contribution in [1.29, 1.82) is 0 Å². The van der Waals surface area contributed by atoms with E-state index < -0.39 is 49.4 Å². The number of rotatable bonds is 9. The van der Waals surface area contributed by atoms with Gasteiger partial charge in [-0.2, -0.15) is 0 Å². The molecule has 1 unspecified atom stereocenters. The Balaban J connectivity index is 1.79. The second kappa shape index (κ2) is 10.9. The Labute approximate surface area is 193 Å². The highest BCUT2D eigenvalue weighted by molar-refractivity contribution is 7.48. The fraction of sp³-hybridized carbons (Fsp3) is 0.800. The predicted octanol–water partition coefficient (Wildman–Crippen LogP) is 1.43. The van der Waals surface area contributed by atoms with Crippen molar-refractivity contribution in [2.45, 2.75) is 66.0 Å². The molecule has 0 aromatic carbocycles. The maximum Gasteiger partial charge on any atom is 0.478 e. The number of phosphoric acid groups is 1. The number of ether oxygens (including phenoxy) is 2.